The zero-order chi connectivity index (χ0) is 15.4. The maximum atomic E-state index is 11.9. The van der Waals surface area contributed by atoms with Gasteiger partial charge < -0.3 is 15.3 Å². The van der Waals surface area contributed by atoms with E-state index in [4.69, 9.17) is 9.90 Å². The maximum Gasteiger partial charge on any atom is 0.300 e. The molecule has 0 radical (unpaired) electrons. The van der Waals surface area contributed by atoms with Crippen molar-refractivity contribution in [2.75, 3.05) is 6.54 Å². The summed E-state index contributed by atoms with van der Waals surface area (Å²) >= 11 is 0. The van der Waals surface area contributed by atoms with Crippen molar-refractivity contribution in [1.29, 1.82) is 0 Å². The standard InChI is InChI=1S/C12H16N4O.C2H4O2/c1-8-5-15-9(6-14-8)7-16-11-2-3-13-10(11)4-12(16)17;1-2(3)4/h5-6,10-11,13H,2-4,7H2,1H3;1H3,(H,3,4)/t10-,11-;/m1./s1. The van der Waals surface area contributed by atoms with Crippen LogP contribution < -0.4 is 5.32 Å². The van der Waals surface area contributed by atoms with E-state index in [2.05, 4.69) is 15.3 Å². The number of hydrogen-bond acceptors (Lipinski definition) is 5. The number of carboxylic acid groups (broad SMARTS) is 1. The van der Waals surface area contributed by atoms with Crippen molar-refractivity contribution in [2.45, 2.75) is 45.3 Å². The third kappa shape index (κ3) is 3.98. The van der Waals surface area contributed by atoms with Gasteiger partial charge in [0.1, 0.15) is 0 Å². The highest BCUT2D eigenvalue weighted by atomic mass is 16.4. The first-order chi connectivity index (χ1) is 9.97. The lowest BCUT2D eigenvalue weighted by Gasteiger charge is -2.22. The van der Waals surface area contributed by atoms with Crippen LogP contribution in [0.2, 0.25) is 0 Å². The van der Waals surface area contributed by atoms with Crippen LogP contribution in [-0.2, 0) is 16.1 Å². The van der Waals surface area contributed by atoms with E-state index >= 15 is 0 Å². The molecule has 7 nitrogen and oxygen atoms in total. The fourth-order valence-electron chi connectivity index (χ4n) is 2.71. The predicted molar refractivity (Wildman–Crippen MR) is 75.4 cm³/mol. The molecule has 3 rings (SSSR count). The normalized spacial score (nSPS) is 23.5. The number of nitrogens with one attached hydrogen (secondary N) is 1. The van der Waals surface area contributed by atoms with Gasteiger partial charge in [0.25, 0.3) is 5.97 Å². The summed E-state index contributed by atoms with van der Waals surface area (Å²) in [5.74, 6) is -0.602. The summed E-state index contributed by atoms with van der Waals surface area (Å²) in [6.45, 7) is 4.60. The number of hydrogen-bond donors (Lipinski definition) is 2. The minimum Gasteiger partial charge on any atom is -0.481 e. The Bertz CT molecular complexity index is 513. The third-order valence-corrected chi connectivity index (χ3v) is 3.59. The van der Waals surface area contributed by atoms with Crippen LogP contribution in [-0.4, -0.2) is 50.5 Å². The van der Waals surface area contributed by atoms with Gasteiger partial charge in [0.2, 0.25) is 5.91 Å². The van der Waals surface area contributed by atoms with Crippen molar-refractivity contribution in [1.82, 2.24) is 20.2 Å². The van der Waals surface area contributed by atoms with E-state index in [0.29, 0.717) is 25.0 Å². The Morgan fingerprint density at radius 2 is 2.19 bits per heavy atom. The molecule has 7 heteroatoms. The first kappa shape index (κ1) is 15.4. The molecule has 21 heavy (non-hydrogen) atoms. The molecule has 1 aromatic rings. The van der Waals surface area contributed by atoms with Gasteiger partial charge in [-0.05, 0) is 19.9 Å². The number of carbonyl (C=O) groups excluding carboxylic acids is 1. The van der Waals surface area contributed by atoms with Crippen LogP contribution in [0.15, 0.2) is 12.4 Å². The number of aliphatic carboxylic acids is 1. The Morgan fingerprint density at radius 3 is 2.81 bits per heavy atom. The van der Waals surface area contributed by atoms with Crippen molar-refractivity contribution in [3.05, 3.63) is 23.8 Å². The van der Waals surface area contributed by atoms with E-state index in [9.17, 15) is 4.79 Å². The molecule has 0 unspecified atom stereocenters. The van der Waals surface area contributed by atoms with E-state index in [1.54, 1.807) is 12.4 Å². The lowest BCUT2D eigenvalue weighted by molar-refractivity contribution is -0.134. The Kier molecular flexibility index (Phi) is 4.85. The molecule has 0 aromatic carbocycles. The molecule has 0 spiro atoms. The Labute approximate surface area is 123 Å². The lowest BCUT2D eigenvalue weighted by atomic mass is 10.1. The van der Waals surface area contributed by atoms with E-state index in [-0.39, 0.29) is 5.91 Å². The highest BCUT2D eigenvalue weighted by molar-refractivity contribution is 5.80. The molecule has 0 aliphatic carbocycles. The van der Waals surface area contributed by atoms with Gasteiger partial charge in [-0.1, -0.05) is 0 Å². The van der Waals surface area contributed by atoms with Crippen LogP contribution in [0, 0.1) is 6.92 Å². The lowest BCUT2D eigenvalue weighted by Crippen LogP contribution is -2.35. The fraction of sp³-hybridized carbons (Fsp3) is 0.571. The first-order valence-electron chi connectivity index (χ1n) is 6.97. The molecule has 2 aliphatic heterocycles. The molecule has 2 atom stereocenters. The largest absolute Gasteiger partial charge is 0.481 e. The van der Waals surface area contributed by atoms with Crippen molar-refractivity contribution in [3.8, 4) is 0 Å². The fourth-order valence-corrected chi connectivity index (χ4v) is 2.71. The SMILES string of the molecule is CC(=O)O.Cc1cnc(CN2C(=O)C[C@H]3NCC[C@H]32)cn1. The zero-order valence-corrected chi connectivity index (χ0v) is 12.2. The molecule has 2 N–H and O–H groups in total. The minimum atomic E-state index is -0.833. The average molecular weight is 292 g/mol. The van der Waals surface area contributed by atoms with Crippen LogP contribution >= 0.6 is 0 Å². The van der Waals surface area contributed by atoms with Gasteiger partial charge in [0.15, 0.2) is 0 Å². The summed E-state index contributed by atoms with van der Waals surface area (Å²) in [6.07, 6.45) is 5.19. The van der Waals surface area contributed by atoms with Crippen molar-refractivity contribution >= 4 is 11.9 Å². The van der Waals surface area contributed by atoms with Crippen LogP contribution in [0.3, 0.4) is 0 Å². The number of aromatic nitrogens is 2. The molecule has 0 saturated carbocycles. The smallest absolute Gasteiger partial charge is 0.300 e. The van der Waals surface area contributed by atoms with E-state index in [0.717, 1.165) is 31.3 Å². The van der Waals surface area contributed by atoms with Crippen LogP contribution in [0.25, 0.3) is 0 Å². The van der Waals surface area contributed by atoms with Gasteiger partial charge in [-0.3, -0.25) is 19.6 Å². The minimum absolute atomic E-state index is 0.231. The maximum absolute atomic E-state index is 11.9. The van der Waals surface area contributed by atoms with Gasteiger partial charge in [-0.2, -0.15) is 0 Å². The van der Waals surface area contributed by atoms with Crippen LogP contribution in [0.5, 0.6) is 0 Å². The Balaban J connectivity index is 0.000000361. The van der Waals surface area contributed by atoms with Gasteiger partial charge in [-0.15, -0.1) is 0 Å². The molecule has 3 heterocycles. The zero-order valence-electron chi connectivity index (χ0n) is 12.2. The topological polar surface area (TPSA) is 95.4 Å². The summed E-state index contributed by atoms with van der Waals surface area (Å²) in [4.78, 5) is 31.4. The average Bonchev–Trinajstić information content (AvgIpc) is 2.95. The number of carboxylic acids is 1. The van der Waals surface area contributed by atoms with Gasteiger partial charge >= 0.3 is 0 Å². The number of amides is 1. The molecule has 0 bridgehead atoms. The van der Waals surface area contributed by atoms with E-state index in [1.807, 2.05) is 11.8 Å². The number of carbonyl (C=O) groups is 2. The number of likely N-dealkylation sites (tertiary alicyclic amines) is 1. The van der Waals surface area contributed by atoms with Crippen LogP contribution in [0.1, 0.15) is 31.2 Å². The number of aryl methyl sites for hydroxylation is 1. The number of rotatable bonds is 2. The molecule has 2 saturated heterocycles. The molecular formula is C14H20N4O3. The predicted octanol–water partition coefficient (Wildman–Crippen LogP) is 0.339. The quantitative estimate of drug-likeness (QED) is 0.816. The first-order valence-corrected chi connectivity index (χ1v) is 6.97. The highest BCUT2D eigenvalue weighted by Crippen LogP contribution is 2.27. The van der Waals surface area contributed by atoms with Crippen LogP contribution in [0.4, 0.5) is 0 Å². The Hall–Kier alpha value is -2.02. The number of nitrogens with zero attached hydrogens (tertiary/aromatic N) is 3. The second kappa shape index (κ2) is 6.62. The molecule has 114 valence electrons. The monoisotopic (exact) mass is 292 g/mol. The molecular weight excluding hydrogens is 272 g/mol. The summed E-state index contributed by atoms with van der Waals surface area (Å²) in [7, 11) is 0. The van der Waals surface area contributed by atoms with E-state index in [1.165, 1.54) is 0 Å². The molecule has 2 aliphatic rings. The summed E-state index contributed by atoms with van der Waals surface area (Å²) in [5, 5.41) is 10.8. The van der Waals surface area contributed by atoms with Gasteiger partial charge in [0.05, 0.1) is 24.1 Å². The highest BCUT2D eigenvalue weighted by Gasteiger charge is 2.42. The van der Waals surface area contributed by atoms with Gasteiger partial charge in [-0.25, -0.2) is 0 Å². The van der Waals surface area contributed by atoms with Crippen molar-refractivity contribution in [3.63, 3.8) is 0 Å². The third-order valence-electron chi connectivity index (χ3n) is 3.59. The van der Waals surface area contributed by atoms with E-state index < -0.39 is 5.97 Å². The Morgan fingerprint density at radius 1 is 1.48 bits per heavy atom. The summed E-state index contributed by atoms with van der Waals surface area (Å²) < 4.78 is 0. The molecule has 1 amide bonds. The summed E-state index contributed by atoms with van der Waals surface area (Å²) in [5.41, 5.74) is 1.78. The van der Waals surface area contributed by atoms with Crippen molar-refractivity contribution in [2.24, 2.45) is 0 Å². The molecule has 2 fully saturated rings. The second-order valence-corrected chi connectivity index (χ2v) is 5.31. The summed E-state index contributed by atoms with van der Waals surface area (Å²) in [6, 6.07) is 0.700. The molecule has 1 aromatic heterocycles. The number of fused-ring (bicyclic) bond motifs is 1. The second-order valence-electron chi connectivity index (χ2n) is 5.31. The van der Waals surface area contributed by atoms with Gasteiger partial charge in [0, 0.05) is 31.6 Å². The van der Waals surface area contributed by atoms with Crippen molar-refractivity contribution < 1.29 is 14.7 Å².